The van der Waals surface area contributed by atoms with Gasteiger partial charge in [0.25, 0.3) is 5.56 Å². The van der Waals surface area contributed by atoms with E-state index in [1.54, 1.807) is 22.9 Å². The van der Waals surface area contributed by atoms with Crippen molar-refractivity contribution in [1.82, 2.24) is 4.57 Å². The van der Waals surface area contributed by atoms with E-state index in [2.05, 4.69) is 5.32 Å². The second kappa shape index (κ2) is 7.42. The molecule has 3 rings (SSSR count). The highest BCUT2D eigenvalue weighted by molar-refractivity contribution is 5.92. The van der Waals surface area contributed by atoms with Crippen LogP contribution in [0.4, 0.5) is 5.69 Å². The fraction of sp³-hybridized carbons (Fsp3) is 0.100. The number of aromatic nitrogens is 1. The van der Waals surface area contributed by atoms with Crippen molar-refractivity contribution in [2.75, 3.05) is 5.32 Å². The average Bonchev–Trinajstić information content (AvgIpc) is 2.60. The third kappa shape index (κ3) is 3.98. The number of nitrogens with zero attached hydrogens (tertiary/aromatic N) is 1. The minimum absolute atomic E-state index is 0.198. The monoisotopic (exact) mass is 318 g/mol. The van der Waals surface area contributed by atoms with Crippen LogP contribution in [0.1, 0.15) is 11.1 Å². The predicted octanol–water partition coefficient (Wildman–Crippen LogP) is 3.08. The summed E-state index contributed by atoms with van der Waals surface area (Å²) in [5, 5.41) is 2.71. The Morgan fingerprint density at radius 1 is 0.833 bits per heavy atom. The van der Waals surface area contributed by atoms with Gasteiger partial charge in [0.15, 0.2) is 0 Å². The van der Waals surface area contributed by atoms with Crippen molar-refractivity contribution >= 4 is 11.6 Å². The molecule has 4 heteroatoms. The quantitative estimate of drug-likeness (QED) is 0.786. The number of carbonyl (C=O) groups excluding carboxylic acids is 1. The molecule has 0 bridgehead atoms. The highest BCUT2D eigenvalue weighted by Crippen LogP contribution is 2.05. The number of amides is 1. The van der Waals surface area contributed by atoms with Crippen LogP contribution >= 0.6 is 0 Å². The van der Waals surface area contributed by atoms with E-state index in [-0.39, 0.29) is 17.9 Å². The molecule has 0 atom stereocenters. The lowest BCUT2D eigenvalue weighted by Gasteiger charge is -2.09. The van der Waals surface area contributed by atoms with Crippen LogP contribution in [0.15, 0.2) is 83.8 Å². The van der Waals surface area contributed by atoms with Crippen molar-refractivity contribution in [3.05, 3.63) is 100 Å². The third-order valence-corrected chi connectivity index (χ3v) is 3.70. The summed E-state index contributed by atoms with van der Waals surface area (Å²) in [6.45, 7) is 0.474. The number of carbonyl (C=O) groups is 1. The van der Waals surface area contributed by atoms with Gasteiger partial charge in [0.05, 0.1) is 13.0 Å². The van der Waals surface area contributed by atoms with Crippen molar-refractivity contribution in [3.8, 4) is 0 Å². The van der Waals surface area contributed by atoms with Crippen LogP contribution < -0.4 is 10.9 Å². The fourth-order valence-corrected chi connectivity index (χ4v) is 2.51. The largest absolute Gasteiger partial charge is 0.321 e. The van der Waals surface area contributed by atoms with Gasteiger partial charge >= 0.3 is 0 Å². The summed E-state index contributed by atoms with van der Waals surface area (Å²) in [6, 6.07) is 22.6. The van der Waals surface area contributed by atoms with Crippen molar-refractivity contribution in [2.24, 2.45) is 0 Å². The lowest BCUT2D eigenvalue weighted by atomic mass is 10.1. The van der Waals surface area contributed by atoms with Crippen molar-refractivity contribution in [2.45, 2.75) is 13.0 Å². The molecule has 1 N–H and O–H groups in total. The molecule has 0 fully saturated rings. The smallest absolute Gasteiger partial charge is 0.274 e. The number of hydrogen-bond acceptors (Lipinski definition) is 2. The maximum absolute atomic E-state index is 12.5. The first kappa shape index (κ1) is 15.7. The second-order valence-electron chi connectivity index (χ2n) is 5.55. The topological polar surface area (TPSA) is 51.1 Å². The Hall–Kier alpha value is -3.14. The minimum atomic E-state index is -0.206. The van der Waals surface area contributed by atoms with Gasteiger partial charge < -0.3 is 9.88 Å². The Bertz CT molecular complexity index is 871. The first-order chi connectivity index (χ1) is 11.7. The van der Waals surface area contributed by atoms with Crippen LogP contribution in [0.2, 0.25) is 0 Å². The summed E-state index contributed by atoms with van der Waals surface area (Å²) in [7, 11) is 0. The van der Waals surface area contributed by atoms with Crippen LogP contribution in [0.3, 0.4) is 0 Å². The lowest BCUT2D eigenvalue weighted by Crippen LogP contribution is -2.26. The van der Waals surface area contributed by atoms with Gasteiger partial charge in [0, 0.05) is 6.20 Å². The molecule has 0 saturated carbocycles. The third-order valence-electron chi connectivity index (χ3n) is 3.70. The van der Waals surface area contributed by atoms with E-state index in [1.807, 2.05) is 60.7 Å². The van der Waals surface area contributed by atoms with Crippen molar-refractivity contribution in [1.29, 1.82) is 0 Å². The van der Waals surface area contributed by atoms with Crippen molar-refractivity contribution in [3.63, 3.8) is 0 Å². The van der Waals surface area contributed by atoms with E-state index in [0.29, 0.717) is 12.2 Å². The molecule has 4 nitrogen and oxygen atoms in total. The van der Waals surface area contributed by atoms with Crippen LogP contribution in [0, 0.1) is 0 Å². The van der Waals surface area contributed by atoms with E-state index in [9.17, 15) is 9.59 Å². The normalized spacial score (nSPS) is 10.3. The molecule has 0 aliphatic carbocycles. The van der Waals surface area contributed by atoms with Gasteiger partial charge in [-0.05, 0) is 23.3 Å². The Morgan fingerprint density at radius 2 is 1.46 bits per heavy atom. The molecular weight excluding hydrogens is 300 g/mol. The second-order valence-corrected chi connectivity index (χ2v) is 5.55. The zero-order valence-electron chi connectivity index (χ0n) is 13.2. The molecule has 2 aromatic carbocycles. The summed E-state index contributed by atoms with van der Waals surface area (Å²) in [6.07, 6.45) is 1.97. The zero-order chi connectivity index (χ0) is 16.8. The molecule has 1 amide bonds. The van der Waals surface area contributed by atoms with E-state index in [4.69, 9.17) is 0 Å². The molecular formula is C20H18N2O2. The number of rotatable bonds is 5. The Labute approximate surface area is 140 Å². The van der Waals surface area contributed by atoms with Gasteiger partial charge in [-0.2, -0.15) is 0 Å². The number of hydrogen-bond donors (Lipinski definition) is 1. The molecule has 0 spiro atoms. The molecule has 0 saturated heterocycles. The van der Waals surface area contributed by atoms with Gasteiger partial charge in [0.1, 0.15) is 5.69 Å². The Balaban J connectivity index is 1.73. The highest BCUT2D eigenvalue weighted by atomic mass is 16.2. The van der Waals surface area contributed by atoms with Crippen LogP contribution in [0.5, 0.6) is 0 Å². The Kier molecular flexibility index (Phi) is 4.87. The highest BCUT2D eigenvalue weighted by Gasteiger charge is 2.08. The summed E-state index contributed by atoms with van der Waals surface area (Å²) < 4.78 is 1.59. The minimum Gasteiger partial charge on any atom is -0.321 e. The Morgan fingerprint density at radius 3 is 2.12 bits per heavy atom. The molecule has 0 unspecified atom stereocenters. The van der Waals surface area contributed by atoms with Crippen LogP contribution in [-0.2, 0) is 17.8 Å². The van der Waals surface area contributed by atoms with Crippen LogP contribution in [-0.4, -0.2) is 10.5 Å². The van der Waals surface area contributed by atoms with E-state index in [0.717, 1.165) is 11.1 Å². The molecule has 120 valence electrons. The predicted molar refractivity (Wildman–Crippen MR) is 95.0 cm³/mol. The molecule has 0 radical (unpaired) electrons. The fourth-order valence-electron chi connectivity index (χ4n) is 2.51. The summed E-state index contributed by atoms with van der Waals surface area (Å²) in [5.41, 5.74) is 2.04. The van der Waals surface area contributed by atoms with Gasteiger partial charge in [-0.3, -0.25) is 9.59 Å². The first-order valence-electron chi connectivity index (χ1n) is 7.79. The van der Waals surface area contributed by atoms with E-state index < -0.39 is 0 Å². The van der Waals surface area contributed by atoms with Gasteiger partial charge in [0.2, 0.25) is 5.91 Å². The summed E-state index contributed by atoms with van der Waals surface area (Å²) in [5.74, 6) is -0.198. The standard InChI is InChI=1S/C20H18N2O2/c23-19(14-16-8-3-1-4-9-16)21-18-12-7-13-22(20(18)24)15-17-10-5-2-6-11-17/h1-13H,14-15H2,(H,21,23). The summed E-state index contributed by atoms with van der Waals surface area (Å²) in [4.78, 5) is 24.7. The van der Waals surface area contributed by atoms with Crippen molar-refractivity contribution < 1.29 is 4.79 Å². The number of pyridine rings is 1. The average molecular weight is 318 g/mol. The molecule has 0 aliphatic rings. The lowest BCUT2D eigenvalue weighted by molar-refractivity contribution is -0.115. The number of nitrogens with one attached hydrogen (secondary N) is 1. The maximum atomic E-state index is 12.5. The SMILES string of the molecule is O=C(Cc1ccccc1)Nc1cccn(Cc2ccccc2)c1=O. The molecule has 3 aromatic rings. The van der Waals surface area contributed by atoms with Crippen LogP contribution in [0.25, 0.3) is 0 Å². The van der Waals surface area contributed by atoms with Gasteiger partial charge in [-0.15, -0.1) is 0 Å². The molecule has 0 aliphatic heterocycles. The first-order valence-corrected chi connectivity index (χ1v) is 7.79. The van der Waals surface area contributed by atoms with E-state index in [1.165, 1.54) is 0 Å². The molecule has 1 aromatic heterocycles. The maximum Gasteiger partial charge on any atom is 0.274 e. The van der Waals surface area contributed by atoms with Gasteiger partial charge in [-0.25, -0.2) is 0 Å². The van der Waals surface area contributed by atoms with E-state index >= 15 is 0 Å². The zero-order valence-corrected chi connectivity index (χ0v) is 13.2. The number of anilines is 1. The number of benzene rings is 2. The molecule has 1 heterocycles. The van der Waals surface area contributed by atoms with Gasteiger partial charge in [-0.1, -0.05) is 60.7 Å². The molecule has 24 heavy (non-hydrogen) atoms. The summed E-state index contributed by atoms with van der Waals surface area (Å²) >= 11 is 0.